The van der Waals surface area contributed by atoms with E-state index in [1.54, 1.807) is 6.07 Å². The maximum Gasteiger partial charge on any atom is 0.256 e. The second-order valence-corrected chi connectivity index (χ2v) is 7.38. The maximum atomic E-state index is 13.8. The molecule has 4 aromatic rings. The first kappa shape index (κ1) is 21.0. The molecule has 0 fully saturated rings. The number of carbonyl (C=O) groups excluding carboxylic acids is 1. The highest BCUT2D eigenvalue weighted by Gasteiger charge is 2.16. The molecule has 158 valence electrons. The first-order valence-corrected chi connectivity index (χ1v) is 9.58. The molecule has 10 heteroatoms. The van der Waals surface area contributed by atoms with Gasteiger partial charge in [-0.1, -0.05) is 23.2 Å². The van der Waals surface area contributed by atoms with Gasteiger partial charge in [0.15, 0.2) is 17.5 Å². The molecule has 0 aliphatic heterocycles. The van der Waals surface area contributed by atoms with Crippen LogP contribution >= 0.6 is 23.2 Å². The summed E-state index contributed by atoms with van der Waals surface area (Å²) in [5, 5.41) is 10.5. The zero-order valence-corrected chi connectivity index (χ0v) is 17.0. The van der Waals surface area contributed by atoms with Crippen molar-refractivity contribution in [3.63, 3.8) is 0 Å². The second-order valence-electron chi connectivity index (χ2n) is 6.50. The number of carbonyl (C=O) groups is 1. The van der Waals surface area contributed by atoms with E-state index in [-0.39, 0.29) is 17.1 Å². The number of hydrogen-bond donors (Lipinski definition) is 2. The standard InChI is InChI=1S/C21H12Cl2F3N3O2/c22-11-5-10(6-12(23)7-11)21(30)27-20-14-8-13(1-4-18(14)28-29-20)31-9-15-16(24)2-3-17(25)19(15)26/h1-8H,9H2,(H2,27,28,29,30). The van der Waals surface area contributed by atoms with E-state index < -0.39 is 35.5 Å². The van der Waals surface area contributed by atoms with Gasteiger partial charge in [0, 0.05) is 21.0 Å². The Morgan fingerprint density at radius 2 is 1.71 bits per heavy atom. The predicted octanol–water partition coefficient (Wildman–Crippen LogP) is 6.12. The van der Waals surface area contributed by atoms with Crippen molar-refractivity contribution >= 4 is 45.8 Å². The van der Waals surface area contributed by atoms with Crippen molar-refractivity contribution in [3.8, 4) is 5.75 Å². The van der Waals surface area contributed by atoms with Crippen LogP contribution in [-0.2, 0) is 6.61 Å². The van der Waals surface area contributed by atoms with Crippen LogP contribution < -0.4 is 10.1 Å². The van der Waals surface area contributed by atoms with Gasteiger partial charge in [0.25, 0.3) is 5.91 Å². The van der Waals surface area contributed by atoms with Crippen molar-refractivity contribution in [2.24, 2.45) is 0 Å². The number of rotatable bonds is 5. The zero-order chi connectivity index (χ0) is 22.1. The van der Waals surface area contributed by atoms with E-state index >= 15 is 0 Å². The van der Waals surface area contributed by atoms with E-state index in [1.165, 1.54) is 30.3 Å². The van der Waals surface area contributed by atoms with Gasteiger partial charge in [-0.05, 0) is 48.5 Å². The molecule has 2 N–H and O–H groups in total. The molecular weight excluding hydrogens is 454 g/mol. The average molecular weight is 466 g/mol. The Morgan fingerprint density at radius 3 is 2.45 bits per heavy atom. The fourth-order valence-corrected chi connectivity index (χ4v) is 3.43. The third kappa shape index (κ3) is 4.45. The van der Waals surface area contributed by atoms with Gasteiger partial charge in [0.1, 0.15) is 18.2 Å². The number of aromatic amines is 1. The van der Waals surface area contributed by atoms with E-state index in [2.05, 4.69) is 15.5 Å². The number of aromatic nitrogens is 2. The third-order valence-corrected chi connectivity index (χ3v) is 4.85. The molecule has 1 aromatic heterocycles. The van der Waals surface area contributed by atoms with Gasteiger partial charge in [-0.25, -0.2) is 13.2 Å². The smallest absolute Gasteiger partial charge is 0.256 e. The van der Waals surface area contributed by atoms with E-state index in [1.807, 2.05) is 0 Å². The van der Waals surface area contributed by atoms with Gasteiger partial charge >= 0.3 is 0 Å². The lowest BCUT2D eigenvalue weighted by Gasteiger charge is -2.09. The molecule has 31 heavy (non-hydrogen) atoms. The number of fused-ring (bicyclic) bond motifs is 1. The second kappa shape index (κ2) is 8.49. The Morgan fingerprint density at radius 1 is 1.00 bits per heavy atom. The van der Waals surface area contributed by atoms with E-state index in [0.29, 0.717) is 27.0 Å². The van der Waals surface area contributed by atoms with Crippen molar-refractivity contribution in [2.75, 3.05) is 5.32 Å². The first-order chi connectivity index (χ1) is 14.8. The molecule has 0 atom stereocenters. The normalized spacial score (nSPS) is 11.0. The molecule has 1 amide bonds. The lowest BCUT2D eigenvalue weighted by Crippen LogP contribution is -2.12. The molecular formula is C21H12Cl2F3N3O2. The minimum atomic E-state index is -1.31. The van der Waals surface area contributed by atoms with Crippen molar-refractivity contribution in [3.05, 3.63) is 87.2 Å². The molecule has 0 bridgehead atoms. The monoisotopic (exact) mass is 465 g/mol. The van der Waals surface area contributed by atoms with Crippen molar-refractivity contribution in [2.45, 2.75) is 6.61 Å². The quantitative estimate of drug-likeness (QED) is 0.349. The summed E-state index contributed by atoms with van der Waals surface area (Å²) >= 11 is 11.9. The lowest BCUT2D eigenvalue weighted by molar-refractivity contribution is 0.102. The summed E-state index contributed by atoms with van der Waals surface area (Å²) in [7, 11) is 0. The van der Waals surface area contributed by atoms with Gasteiger partial charge in [0.05, 0.1) is 11.1 Å². The Labute approximate surface area is 183 Å². The SMILES string of the molecule is O=C(Nc1n[nH]c2ccc(OCc3c(F)ccc(F)c3F)cc12)c1cc(Cl)cc(Cl)c1. The number of nitrogens with zero attached hydrogens (tertiary/aromatic N) is 1. The van der Waals surface area contributed by atoms with Crippen LogP contribution in [0.2, 0.25) is 10.0 Å². The fourth-order valence-electron chi connectivity index (χ4n) is 2.90. The van der Waals surface area contributed by atoms with E-state index in [0.717, 1.165) is 6.07 Å². The third-order valence-electron chi connectivity index (χ3n) is 4.41. The van der Waals surface area contributed by atoms with Gasteiger partial charge in [-0.3, -0.25) is 9.89 Å². The van der Waals surface area contributed by atoms with Crippen molar-refractivity contribution in [1.29, 1.82) is 0 Å². The Balaban J connectivity index is 1.57. The van der Waals surface area contributed by atoms with Crippen LogP contribution in [0, 0.1) is 17.5 Å². The highest BCUT2D eigenvalue weighted by molar-refractivity contribution is 6.35. The molecule has 1 heterocycles. The maximum absolute atomic E-state index is 13.8. The van der Waals surface area contributed by atoms with Gasteiger partial charge in [-0.2, -0.15) is 5.10 Å². The highest BCUT2D eigenvalue weighted by atomic mass is 35.5. The molecule has 0 aliphatic carbocycles. The van der Waals surface area contributed by atoms with Crippen LogP contribution in [0.5, 0.6) is 5.75 Å². The largest absolute Gasteiger partial charge is 0.489 e. The number of anilines is 1. The van der Waals surface area contributed by atoms with Gasteiger partial charge < -0.3 is 10.1 Å². The number of hydrogen-bond acceptors (Lipinski definition) is 3. The minimum absolute atomic E-state index is 0.199. The van der Waals surface area contributed by atoms with E-state index in [4.69, 9.17) is 27.9 Å². The number of amides is 1. The van der Waals surface area contributed by atoms with Crippen LogP contribution in [-0.4, -0.2) is 16.1 Å². The summed E-state index contributed by atoms with van der Waals surface area (Å²) < 4.78 is 46.4. The molecule has 0 saturated heterocycles. The number of benzene rings is 3. The molecule has 0 saturated carbocycles. The average Bonchev–Trinajstić information content (AvgIpc) is 3.12. The molecule has 0 aliphatic rings. The first-order valence-electron chi connectivity index (χ1n) is 8.82. The summed E-state index contributed by atoms with van der Waals surface area (Å²) in [4.78, 5) is 12.5. The number of H-pyrrole nitrogens is 1. The van der Waals surface area contributed by atoms with Crippen LogP contribution in [0.4, 0.5) is 19.0 Å². The van der Waals surface area contributed by atoms with Crippen molar-refractivity contribution in [1.82, 2.24) is 10.2 Å². The van der Waals surface area contributed by atoms with Gasteiger partial charge in [0.2, 0.25) is 0 Å². The van der Waals surface area contributed by atoms with E-state index in [9.17, 15) is 18.0 Å². The fraction of sp³-hybridized carbons (Fsp3) is 0.0476. The zero-order valence-electron chi connectivity index (χ0n) is 15.5. The molecule has 3 aromatic carbocycles. The number of ether oxygens (including phenoxy) is 1. The summed E-state index contributed by atoms with van der Waals surface area (Å²) in [5.74, 6) is -3.46. The van der Waals surface area contributed by atoms with Gasteiger partial charge in [-0.15, -0.1) is 0 Å². The summed E-state index contributed by atoms with van der Waals surface area (Å²) in [5.41, 5.74) is 0.284. The Kier molecular flexibility index (Phi) is 5.75. The molecule has 5 nitrogen and oxygen atoms in total. The molecule has 0 radical (unpaired) electrons. The molecule has 4 rings (SSSR count). The minimum Gasteiger partial charge on any atom is -0.489 e. The van der Waals surface area contributed by atoms with Crippen molar-refractivity contribution < 1.29 is 22.7 Å². The Hall–Kier alpha value is -3.23. The lowest BCUT2D eigenvalue weighted by atomic mass is 10.2. The summed E-state index contributed by atoms with van der Waals surface area (Å²) in [6, 6.07) is 10.6. The van der Waals surface area contributed by atoms with Crippen LogP contribution in [0.25, 0.3) is 10.9 Å². The van der Waals surface area contributed by atoms with Crippen LogP contribution in [0.3, 0.4) is 0 Å². The topological polar surface area (TPSA) is 67.0 Å². The van der Waals surface area contributed by atoms with Crippen LogP contribution in [0.15, 0.2) is 48.5 Å². The summed E-state index contributed by atoms with van der Waals surface area (Å²) in [6.07, 6.45) is 0. The molecule has 0 spiro atoms. The highest BCUT2D eigenvalue weighted by Crippen LogP contribution is 2.27. The number of halogens is 5. The summed E-state index contributed by atoms with van der Waals surface area (Å²) in [6.45, 7) is -0.526. The Bertz CT molecular complexity index is 1290. The number of nitrogens with one attached hydrogen (secondary N) is 2. The van der Waals surface area contributed by atoms with Crippen LogP contribution in [0.1, 0.15) is 15.9 Å². The predicted molar refractivity (Wildman–Crippen MR) is 111 cm³/mol. The molecule has 0 unspecified atom stereocenters.